The van der Waals surface area contributed by atoms with E-state index >= 15 is 0 Å². The Hall–Kier alpha value is -3.38. The predicted octanol–water partition coefficient (Wildman–Crippen LogP) is 5.89. The molecule has 3 rings (SSSR count). The van der Waals surface area contributed by atoms with Crippen LogP contribution in [0.2, 0.25) is 5.02 Å². The van der Waals surface area contributed by atoms with Crippen molar-refractivity contribution in [2.75, 3.05) is 11.9 Å². The van der Waals surface area contributed by atoms with E-state index in [0.717, 1.165) is 6.42 Å². The summed E-state index contributed by atoms with van der Waals surface area (Å²) < 4.78 is 20.4. The monoisotopic (exact) mass is 427 g/mol. The predicted molar refractivity (Wildman–Crippen MR) is 114 cm³/mol. The molecule has 5 nitrogen and oxygen atoms in total. The number of aromatic carboxylic acids is 1. The van der Waals surface area contributed by atoms with Gasteiger partial charge in [0, 0.05) is 0 Å². The minimum atomic E-state index is -1.26. The van der Waals surface area contributed by atoms with Crippen LogP contribution in [0, 0.1) is 5.82 Å². The highest BCUT2D eigenvalue weighted by molar-refractivity contribution is 6.34. The highest BCUT2D eigenvalue weighted by Crippen LogP contribution is 2.33. The van der Waals surface area contributed by atoms with Crippen molar-refractivity contribution in [3.8, 4) is 16.9 Å². The first-order chi connectivity index (χ1) is 14.4. The van der Waals surface area contributed by atoms with Gasteiger partial charge in [0.25, 0.3) is 5.91 Å². The number of carbonyl (C=O) groups excluding carboxylic acids is 1. The van der Waals surface area contributed by atoms with Crippen LogP contribution < -0.4 is 10.1 Å². The normalized spacial score (nSPS) is 10.5. The fraction of sp³-hybridized carbons (Fsp3) is 0.130. The van der Waals surface area contributed by atoms with E-state index in [1.165, 1.54) is 36.4 Å². The van der Waals surface area contributed by atoms with Crippen LogP contribution in [0.15, 0.2) is 60.7 Å². The highest BCUT2D eigenvalue weighted by atomic mass is 35.5. The third kappa shape index (κ3) is 4.78. The molecule has 1 amide bonds. The molecule has 0 spiro atoms. The Labute approximate surface area is 178 Å². The average molecular weight is 428 g/mol. The second-order valence-electron chi connectivity index (χ2n) is 6.50. The number of carboxylic acids is 1. The van der Waals surface area contributed by atoms with E-state index in [1.807, 2.05) is 13.0 Å². The van der Waals surface area contributed by atoms with Gasteiger partial charge in [-0.25, -0.2) is 9.18 Å². The smallest absolute Gasteiger partial charge is 0.336 e. The molecule has 0 radical (unpaired) electrons. The Morgan fingerprint density at radius 3 is 2.43 bits per heavy atom. The van der Waals surface area contributed by atoms with Gasteiger partial charge in [-0.3, -0.25) is 4.79 Å². The second kappa shape index (κ2) is 9.41. The first-order valence-electron chi connectivity index (χ1n) is 9.26. The first-order valence-corrected chi connectivity index (χ1v) is 9.64. The van der Waals surface area contributed by atoms with Crippen molar-refractivity contribution in [3.63, 3.8) is 0 Å². The van der Waals surface area contributed by atoms with E-state index in [-0.39, 0.29) is 21.8 Å². The number of rotatable bonds is 7. The molecular weight excluding hydrogens is 409 g/mol. The number of hydrogen-bond donors (Lipinski definition) is 2. The van der Waals surface area contributed by atoms with Gasteiger partial charge in [-0.15, -0.1) is 0 Å². The summed E-state index contributed by atoms with van der Waals surface area (Å²) in [6.45, 7) is 2.57. The van der Waals surface area contributed by atoms with E-state index in [2.05, 4.69) is 5.32 Å². The lowest BCUT2D eigenvalue weighted by molar-refractivity contribution is 0.0692. The number of benzene rings is 3. The van der Waals surface area contributed by atoms with Crippen molar-refractivity contribution >= 4 is 29.2 Å². The molecule has 2 N–H and O–H groups in total. The zero-order valence-corrected chi connectivity index (χ0v) is 16.9. The van der Waals surface area contributed by atoms with Gasteiger partial charge in [-0.1, -0.05) is 42.8 Å². The van der Waals surface area contributed by atoms with Gasteiger partial charge in [0.2, 0.25) is 0 Å². The topological polar surface area (TPSA) is 75.6 Å². The zero-order valence-electron chi connectivity index (χ0n) is 16.1. The number of carbonyl (C=O) groups is 2. The minimum absolute atomic E-state index is 0.00830. The van der Waals surface area contributed by atoms with Gasteiger partial charge in [0.1, 0.15) is 11.6 Å². The van der Waals surface area contributed by atoms with Crippen molar-refractivity contribution in [2.45, 2.75) is 13.3 Å². The van der Waals surface area contributed by atoms with Gasteiger partial charge in [0.05, 0.1) is 28.4 Å². The van der Waals surface area contributed by atoms with Crippen molar-refractivity contribution < 1.29 is 23.8 Å². The number of hydrogen-bond acceptors (Lipinski definition) is 3. The molecule has 0 saturated carbocycles. The number of halogens is 2. The fourth-order valence-electron chi connectivity index (χ4n) is 2.89. The maximum absolute atomic E-state index is 14.8. The van der Waals surface area contributed by atoms with Crippen LogP contribution in [0.25, 0.3) is 11.1 Å². The second-order valence-corrected chi connectivity index (χ2v) is 6.90. The van der Waals surface area contributed by atoms with Gasteiger partial charge >= 0.3 is 5.97 Å². The molecule has 0 aliphatic heterocycles. The number of nitrogens with one attached hydrogen (secondary N) is 1. The molecule has 0 heterocycles. The van der Waals surface area contributed by atoms with Crippen LogP contribution in [0.1, 0.15) is 34.1 Å². The van der Waals surface area contributed by atoms with Crippen LogP contribution in [0.3, 0.4) is 0 Å². The minimum Gasteiger partial charge on any atom is -0.494 e. The van der Waals surface area contributed by atoms with Gasteiger partial charge in [-0.2, -0.15) is 0 Å². The Kier molecular flexibility index (Phi) is 6.69. The zero-order chi connectivity index (χ0) is 21.7. The van der Waals surface area contributed by atoms with E-state index in [4.69, 9.17) is 16.3 Å². The Balaban J connectivity index is 1.89. The Morgan fingerprint density at radius 1 is 1.03 bits per heavy atom. The maximum Gasteiger partial charge on any atom is 0.336 e. The quantitative estimate of drug-likeness (QED) is 0.493. The molecule has 0 bridgehead atoms. The lowest BCUT2D eigenvalue weighted by atomic mass is 10.0. The van der Waals surface area contributed by atoms with Gasteiger partial charge in [0.15, 0.2) is 0 Å². The van der Waals surface area contributed by atoms with E-state index in [1.54, 1.807) is 18.2 Å². The first kappa shape index (κ1) is 21.3. The summed E-state index contributed by atoms with van der Waals surface area (Å²) in [6, 6.07) is 15.6. The largest absolute Gasteiger partial charge is 0.494 e. The maximum atomic E-state index is 14.8. The van der Waals surface area contributed by atoms with Gasteiger partial charge < -0.3 is 15.2 Å². The summed E-state index contributed by atoms with van der Waals surface area (Å²) in [6.07, 6.45) is 0.865. The summed E-state index contributed by atoms with van der Waals surface area (Å²) in [5.74, 6) is -2.10. The van der Waals surface area contributed by atoms with Gasteiger partial charge in [-0.05, 0) is 53.9 Å². The molecule has 0 unspecified atom stereocenters. The molecule has 0 aliphatic carbocycles. The average Bonchev–Trinajstić information content (AvgIpc) is 2.74. The number of carboxylic acid groups (broad SMARTS) is 1. The molecule has 3 aromatic rings. The van der Waals surface area contributed by atoms with Crippen LogP contribution in [0.4, 0.5) is 10.1 Å². The molecule has 30 heavy (non-hydrogen) atoms. The van der Waals surface area contributed by atoms with Crippen molar-refractivity contribution in [1.82, 2.24) is 0 Å². The summed E-state index contributed by atoms with van der Waals surface area (Å²) >= 11 is 6.24. The standard InChI is InChI=1S/C23H19ClFNO4/c1-2-10-30-16-7-5-6-14(11-16)15-12-19(24)21(20(25)13-15)26-22(27)17-8-3-4-9-18(17)23(28)29/h3-9,11-13H,2,10H2,1H3,(H,26,27)(H,28,29). The molecule has 0 saturated heterocycles. The summed E-state index contributed by atoms with van der Waals surface area (Å²) in [5, 5.41) is 11.6. The van der Waals surface area contributed by atoms with Crippen LogP contribution in [-0.2, 0) is 0 Å². The summed E-state index contributed by atoms with van der Waals surface area (Å²) in [7, 11) is 0. The molecule has 0 atom stereocenters. The van der Waals surface area contributed by atoms with E-state index < -0.39 is 17.7 Å². The molecule has 0 aromatic heterocycles. The fourth-order valence-corrected chi connectivity index (χ4v) is 3.15. The van der Waals surface area contributed by atoms with E-state index in [9.17, 15) is 19.1 Å². The molecule has 7 heteroatoms. The third-order valence-corrected chi connectivity index (χ3v) is 4.62. The summed E-state index contributed by atoms with van der Waals surface area (Å²) in [5.41, 5.74) is 0.725. The lowest BCUT2D eigenvalue weighted by Crippen LogP contribution is -2.17. The number of anilines is 1. The molecule has 0 fully saturated rings. The number of ether oxygens (including phenoxy) is 1. The van der Waals surface area contributed by atoms with Crippen LogP contribution in [-0.4, -0.2) is 23.6 Å². The molecular formula is C23H19ClFNO4. The Bertz CT molecular complexity index is 1080. The van der Waals surface area contributed by atoms with E-state index in [0.29, 0.717) is 23.5 Å². The Morgan fingerprint density at radius 2 is 1.77 bits per heavy atom. The summed E-state index contributed by atoms with van der Waals surface area (Å²) in [4.78, 5) is 23.8. The molecule has 0 aliphatic rings. The lowest BCUT2D eigenvalue weighted by Gasteiger charge is -2.13. The number of amides is 1. The van der Waals surface area contributed by atoms with Crippen molar-refractivity contribution in [1.29, 1.82) is 0 Å². The highest BCUT2D eigenvalue weighted by Gasteiger charge is 2.19. The SMILES string of the molecule is CCCOc1cccc(-c2cc(F)c(NC(=O)c3ccccc3C(=O)O)c(Cl)c2)c1. The molecule has 154 valence electrons. The third-order valence-electron chi connectivity index (χ3n) is 4.32. The van der Waals surface area contributed by atoms with Crippen LogP contribution >= 0.6 is 11.6 Å². The van der Waals surface area contributed by atoms with Crippen LogP contribution in [0.5, 0.6) is 5.75 Å². The molecule has 3 aromatic carbocycles. The van der Waals surface area contributed by atoms with Crippen molar-refractivity contribution in [2.24, 2.45) is 0 Å². The van der Waals surface area contributed by atoms with Crippen molar-refractivity contribution in [3.05, 3.63) is 82.6 Å².